The Hall–Kier alpha value is -2.42. The molecule has 0 aliphatic rings. The third-order valence-electron chi connectivity index (χ3n) is 1.40. The zero-order valence-corrected chi connectivity index (χ0v) is 13.0. The van der Waals surface area contributed by atoms with Crippen molar-refractivity contribution < 1.29 is 24.2 Å². The first-order valence-corrected chi connectivity index (χ1v) is 6.01. The average molecular weight is 294 g/mol. The van der Waals surface area contributed by atoms with Crippen LogP contribution in [0, 0.1) is 37.0 Å². The lowest BCUT2D eigenvalue weighted by atomic mass is 10.4. The van der Waals surface area contributed by atoms with E-state index in [1.165, 1.54) is 13.8 Å². The summed E-state index contributed by atoms with van der Waals surface area (Å²) in [5.41, 5.74) is 0. The summed E-state index contributed by atoms with van der Waals surface area (Å²) in [6, 6.07) is 0. The first-order chi connectivity index (χ1) is 9.60. The van der Waals surface area contributed by atoms with Gasteiger partial charge in [0, 0.05) is 13.8 Å². The Kier molecular flexibility index (Phi) is 17.6. The Labute approximate surface area is 127 Å². The second-order valence-electron chi connectivity index (χ2n) is 3.68. The molecule has 0 fully saturated rings. The molecule has 21 heavy (non-hydrogen) atoms. The fourth-order valence-corrected chi connectivity index (χ4v) is 0.566. The highest BCUT2D eigenvalue weighted by atomic mass is 16.5. The van der Waals surface area contributed by atoms with Crippen LogP contribution < -0.4 is 0 Å². The molecule has 0 radical (unpaired) electrons. The fourth-order valence-electron chi connectivity index (χ4n) is 0.566. The van der Waals surface area contributed by atoms with Gasteiger partial charge in [0.15, 0.2) is 12.2 Å². The monoisotopic (exact) mass is 294 g/mol. The average Bonchev–Trinajstić information content (AvgIpc) is 2.38. The molecule has 0 amide bonds. The molecule has 0 aliphatic heterocycles. The van der Waals surface area contributed by atoms with Crippen LogP contribution in [0.25, 0.3) is 0 Å². The fraction of sp³-hybridized carbons (Fsp3) is 0.500. The van der Waals surface area contributed by atoms with Crippen LogP contribution in [-0.4, -0.2) is 35.4 Å². The molecular formula is C16H22O5. The maximum Gasteiger partial charge on any atom is 0.303 e. The van der Waals surface area contributed by atoms with E-state index < -0.39 is 18.3 Å². The summed E-state index contributed by atoms with van der Waals surface area (Å²) in [5, 5.41) is 8.12. The number of rotatable bonds is 2. The van der Waals surface area contributed by atoms with Crippen LogP contribution in [-0.2, 0) is 19.1 Å². The molecule has 0 aromatic carbocycles. The highest BCUT2D eigenvalue weighted by Crippen LogP contribution is 1.86. The van der Waals surface area contributed by atoms with Crippen molar-refractivity contribution in [2.45, 2.75) is 52.9 Å². The number of hydrogen-bond donors (Lipinski definition) is 1. The van der Waals surface area contributed by atoms with E-state index in [2.05, 4.69) is 33.7 Å². The maximum atomic E-state index is 10.1. The van der Waals surface area contributed by atoms with Gasteiger partial charge >= 0.3 is 11.9 Å². The third-order valence-corrected chi connectivity index (χ3v) is 1.40. The first kappa shape index (κ1) is 23.7. The number of terminal acetylenes is 3. The molecule has 5 heteroatoms. The molecule has 5 nitrogen and oxygen atoms in total. The number of hydrogen-bond acceptors (Lipinski definition) is 5. The van der Waals surface area contributed by atoms with E-state index >= 15 is 0 Å². The van der Waals surface area contributed by atoms with E-state index in [1.807, 2.05) is 0 Å². The smallest absolute Gasteiger partial charge is 0.303 e. The number of carbonyl (C=O) groups excluding carboxylic acids is 2. The van der Waals surface area contributed by atoms with Gasteiger partial charge in [-0.1, -0.05) is 17.8 Å². The van der Waals surface area contributed by atoms with Crippen LogP contribution >= 0.6 is 0 Å². The van der Waals surface area contributed by atoms with Crippen LogP contribution in [0.15, 0.2) is 0 Å². The number of aliphatic hydroxyl groups is 1. The molecule has 0 bridgehead atoms. The van der Waals surface area contributed by atoms with Gasteiger partial charge in [-0.25, -0.2) is 0 Å². The van der Waals surface area contributed by atoms with E-state index in [4.69, 9.17) is 18.0 Å². The predicted octanol–water partition coefficient (Wildman–Crippen LogP) is 1.14. The molecule has 116 valence electrons. The molecule has 0 aromatic heterocycles. The highest BCUT2D eigenvalue weighted by molar-refractivity contribution is 5.66. The van der Waals surface area contributed by atoms with E-state index in [0.29, 0.717) is 0 Å². The van der Waals surface area contributed by atoms with Gasteiger partial charge in [-0.3, -0.25) is 9.59 Å². The summed E-state index contributed by atoms with van der Waals surface area (Å²) < 4.78 is 9.05. The minimum absolute atomic E-state index is 0.338. The van der Waals surface area contributed by atoms with Crippen LogP contribution in [0.1, 0.15) is 34.6 Å². The summed E-state index contributed by atoms with van der Waals surface area (Å²) in [6.45, 7) is 7.48. The quantitative estimate of drug-likeness (QED) is 0.611. The number of esters is 2. The van der Waals surface area contributed by atoms with Crippen molar-refractivity contribution >= 4 is 11.9 Å². The second kappa shape index (κ2) is 15.6. The molecule has 0 saturated heterocycles. The van der Waals surface area contributed by atoms with Crippen molar-refractivity contribution in [1.29, 1.82) is 0 Å². The topological polar surface area (TPSA) is 72.8 Å². The lowest BCUT2D eigenvalue weighted by Crippen LogP contribution is -2.08. The number of carbonyl (C=O) groups is 2. The molecule has 0 aromatic rings. The molecule has 0 spiro atoms. The van der Waals surface area contributed by atoms with Crippen LogP contribution in [0.3, 0.4) is 0 Å². The summed E-state index contributed by atoms with van der Waals surface area (Å²) in [5.74, 6) is 5.91. The Balaban J connectivity index is -0.000000239. The van der Waals surface area contributed by atoms with Crippen molar-refractivity contribution in [2.24, 2.45) is 0 Å². The van der Waals surface area contributed by atoms with E-state index in [0.717, 1.165) is 0 Å². The lowest BCUT2D eigenvalue weighted by molar-refractivity contribution is -0.144. The zero-order valence-electron chi connectivity index (χ0n) is 13.0. The molecule has 1 N–H and O–H groups in total. The van der Waals surface area contributed by atoms with Gasteiger partial charge in [0.2, 0.25) is 0 Å². The van der Waals surface area contributed by atoms with Gasteiger partial charge in [0.25, 0.3) is 0 Å². The third kappa shape index (κ3) is 31.8. The lowest BCUT2D eigenvalue weighted by Gasteiger charge is -2.01. The number of aliphatic hydroxyl groups excluding tert-OH is 1. The van der Waals surface area contributed by atoms with E-state index in [9.17, 15) is 9.59 Å². The van der Waals surface area contributed by atoms with Gasteiger partial charge in [-0.2, -0.15) is 0 Å². The molecule has 3 atom stereocenters. The van der Waals surface area contributed by atoms with Crippen molar-refractivity contribution in [3.63, 3.8) is 0 Å². The minimum Gasteiger partial charge on any atom is -0.450 e. The van der Waals surface area contributed by atoms with Crippen LogP contribution in [0.5, 0.6) is 0 Å². The minimum atomic E-state index is -0.588. The zero-order chi connectivity index (χ0) is 17.4. The Morgan fingerprint density at radius 1 is 0.857 bits per heavy atom. The van der Waals surface area contributed by atoms with Gasteiger partial charge in [0.05, 0.1) is 0 Å². The molecule has 0 rings (SSSR count). The van der Waals surface area contributed by atoms with Gasteiger partial charge in [-0.15, -0.1) is 19.3 Å². The SMILES string of the molecule is C#CC(C)OC(C)=O.C#C[C@@H](C)OC(C)=O.C#C[C@H](C)O. The number of ether oxygens (including phenoxy) is 2. The van der Waals surface area contributed by atoms with Gasteiger partial charge in [0.1, 0.15) is 6.10 Å². The van der Waals surface area contributed by atoms with Crippen molar-refractivity contribution in [3.8, 4) is 37.0 Å². The summed E-state index contributed by atoms with van der Waals surface area (Å²) in [7, 11) is 0. The van der Waals surface area contributed by atoms with Gasteiger partial charge in [-0.05, 0) is 20.8 Å². The van der Waals surface area contributed by atoms with Gasteiger partial charge < -0.3 is 14.6 Å². The highest BCUT2D eigenvalue weighted by Gasteiger charge is 1.97. The van der Waals surface area contributed by atoms with Crippen molar-refractivity contribution in [2.75, 3.05) is 0 Å². The normalized spacial score (nSPS) is 12.0. The van der Waals surface area contributed by atoms with E-state index in [-0.39, 0.29) is 11.9 Å². The summed E-state index contributed by atoms with van der Waals surface area (Å²) >= 11 is 0. The molecule has 0 heterocycles. The standard InChI is InChI=1S/2C6H8O2.C4H6O/c2*1-4-5(2)8-6(3)7;1-3-4(2)5/h2*1,5H,2-3H3;1,4-5H,2H3/t5-;;4-/m1.0/s1. The largest absolute Gasteiger partial charge is 0.450 e. The first-order valence-electron chi connectivity index (χ1n) is 6.01. The Bertz CT molecular complexity index is 385. The van der Waals surface area contributed by atoms with Crippen LogP contribution in [0.2, 0.25) is 0 Å². The Morgan fingerprint density at radius 2 is 1.10 bits per heavy atom. The molecule has 0 aliphatic carbocycles. The van der Waals surface area contributed by atoms with Crippen molar-refractivity contribution in [1.82, 2.24) is 0 Å². The Morgan fingerprint density at radius 3 is 1.14 bits per heavy atom. The molecule has 1 unspecified atom stereocenters. The summed E-state index contributed by atoms with van der Waals surface area (Å²) in [6.07, 6.45) is 13.1. The second-order valence-corrected chi connectivity index (χ2v) is 3.68. The van der Waals surface area contributed by atoms with E-state index in [1.54, 1.807) is 20.8 Å². The molecule has 0 saturated carbocycles. The van der Waals surface area contributed by atoms with Crippen LogP contribution in [0.4, 0.5) is 0 Å². The predicted molar refractivity (Wildman–Crippen MR) is 80.6 cm³/mol. The molecular weight excluding hydrogens is 272 g/mol. The summed E-state index contributed by atoms with van der Waals surface area (Å²) in [4.78, 5) is 20.2. The maximum absolute atomic E-state index is 10.1. The van der Waals surface area contributed by atoms with Crippen molar-refractivity contribution in [3.05, 3.63) is 0 Å².